The molecule has 0 spiro atoms. The van der Waals surface area contributed by atoms with Gasteiger partial charge in [-0.25, -0.2) is 9.37 Å². The van der Waals surface area contributed by atoms with Gasteiger partial charge in [-0.05, 0) is 37.3 Å². The van der Waals surface area contributed by atoms with Gasteiger partial charge in [0, 0.05) is 17.2 Å². The lowest BCUT2D eigenvalue weighted by atomic mass is 10.3. The third kappa shape index (κ3) is 4.89. The van der Waals surface area contributed by atoms with Gasteiger partial charge >= 0.3 is 0 Å². The number of para-hydroxylation sites is 1. The number of hydrogen-bond donors (Lipinski definition) is 1. The Morgan fingerprint density at radius 1 is 1.16 bits per heavy atom. The monoisotopic (exact) mass is 457 g/mol. The first kappa shape index (κ1) is 21.4. The number of ether oxygens (including phenoxy) is 2. The van der Waals surface area contributed by atoms with E-state index in [9.17, 15) is 14.0 Å². The highest BCUT2D eigenvalue weighted by Crippen LogP contribution is 2.29. The topological polar surface area (TPSA) is 95.1 Å². The zero-order valence-corrected chi connectivity index (χ0v) is 17.6. The summed E-state index contributed by atoms with van der Waals surface area (Å²) < 4.78 is 31.0. The summed E-state index contributed by atoms with van der Waals surface area (Å²) >= 11 is 6.05. The van der Waals surface area contributed by atoms with Gasteiger partial charge in [-0.1, -0.05) is 23.7 Å². The van der Waals surface area contributed by atoms with E-state index in [0.29, 0.717) is 27.9 Å². The maximum absolute atomic E-state index is 13.6. The van der Waals surface area contributed by atoms with Crippen molar-refractivity contribution in [3.63, 3.8) is 0 Å². The molecule has 0 saturated carbocycles. The van der Waals surface area contributed by atoms with Crippen molar-refractivity contribution in [1.82, 2.24) is 9.56 Å². The number of carbonyl (C=O) groups excluding carboxylic acids is 1. The van der Waals surface area contributed by atoms with Gasteiger partial charge < -0.3 is 19.3 Å². The maximum atomic E-state index is 13.6. The van der Waals surface area contributed by atoms with Crippen molar-refractivity contribution in [3.8, 4) is 11.5 Å². The van der Waals surface area contributed by atoms with Crippen LogP contribution < -0.4 is 20.3 Å². The molecule has 164 valence electrons. The number of hydrogen-bond acceptors (Lipinski definition) is 6. The predicted molar refractivity (Wildman–Crippen MR) is 115 cm³/mol. The minimum Gasteiger partial charge on any atom is -0.485 e. The van der Waals surface area contributed by atoms with E-state index in [-0.39, 0.29) is 23.6 Å². The Labute approximate surface area is 186 Å². The molecule has 2 aromatic carbocycles. The molecule has 1 amide bonds. The van der Waals surface area contributed by atoms with Crippen molar-refractivity contribution >= 4 is 28.8 Å². The molecule has 0 aliphatic heterocycles. The van der Waals surface area contributed by atoms with Crippen molar-refractivity contribution in [3.05, 3.63) is 87.2 Å². The van der Waals surface area contributed by atoms with Gasteiger partial charge in [-0.2, -0.15) is 0 Å². The van der Waals surface area contributed by atoms with Gasteiger partial charge in [-0.15, -0.1) is 4.57 Å². The molecule has 0 aliphatic carbocycles. The minimum atomic E-state index is -0.569. The first-order chi connectivity index (χ1) is 15.4. The molecule has 1 N–H and O–H groups in total. The van der Waals surface area contributed by atoms with E-state index < -0.39 is 18.3 Å². The molecule has 0 fully saturated rings. The molecule has 0 radical (unpaired) electrons. The van der Waals surface area contributed by atoms with Gasteiger partial charge in [-0.3, -0.25) is 9.59 Å². The molecule has 4 rings (SSSR count). The molecular weight excluding hydrogens is 441 g/mol. The summed E-state index contributed by atoms with van der Waals surface area (Å²) in [5.74, 6) is -0.285. The molecule has 0 atom stereocenters. The highest BCUT2D eigenvalue weighted by molar-refractivity contribution is 6.31. The highest BCUT2D eigenvalue weighted by atomic mass is 35.5. The average molecular weight is 458 g/mol. The largest absolute Gasteiger partial charge is 0.485 e. The molecule has 0 bridgehead atoms. The third-order valence-electron chi connectivity index (χ3n) is 4.31. The second-order valence-electron chi connectivity index (χ2n) is 6.78. The Kier molecular flexibility index (Phi) is 6.09. The number of fused-ring (bicyclic) bond motifs is 1. The van der Waals surface area contributed by atoms with Gasteiger partial charge in [0.05, 0.1) is 11.4 Å². The SMILES string of the molecule is Cc1cc2nc(COc3ccc(Cl)cc3NC(=O)COc3ccccc3F)cc(=O)n2o1. The molecular formula is C22H17ClFN3O5. The number of aromatic nitrogens is 2. The number of amides is 1. The zero-order valence-electron chi connectivity index (χ0n) is 16.8. The number of halogens is 2. The third-order valence-corrected chi connectivity index (χ3v) is 4.55. The molecule has 2 aromatic heterocycles. The Balaban J connectivity index is 1.45. The summed E-state index contributed by atoms with van der Waals surface area (Å²) in [4.78, 5) is 28.8. The fraction of sp³-hybridized carbons (Fsp3) is 0.136. The second kappa shape index (κ2) is 9.11. The standard InChI is InChI=1S/C22H17ClFN3O5/c1-13-8-20-25-15(10-22(29)27(20)32-13)11-30-19-7-6-14(23)9-17(19)26-21(28)12-31-18-5-3-2-4-16(18)24/h2-10H,11-12H2,1H3,(H,26,28). The van der Waals surface area contributed by atoms with Crippen molar-refractivity contribution in [2.24, 2.45) is 0 Å². The average Bonchev–Trinajstić information content (AvgIpc) is 3.13. The first-order valence-corrected chi connectivity index (χ1v) is 9.86. The van der Waals surface area contributed by atoms with E-state index in [2.05, 4.69) is 10.3 Å². The molecule has 0 unspecified atom stereocenters. The predicted octanol–water partition coefficient (Wildman–Crippen LogP) is 3.98. The van der Waals surface area contributed by atoms with Gasteiger partial charge in [0.15, 0.2) is 23.8 Å². The van der Waals surface area contributed by atoms with Crippen LogP contribution in [0.3, 0.4) is 0 Å². The van der Waals surface area contributed by atoms with Crippen LogP contribution in [-0.2, 0) is 11.4 Å². The van der Waals surface area contributed by atoms with E-state index in [1.54, 1.807) is 31.2 Å². The fourth-order valence-corrected chi connectivity index (χ4v) is 3.09. The van der Waals surface area contributed by atoms with Crippen LogP contribution in [0.4, 0.5) is 10.1 Å². The molecule has 4 aromatic rings. The number of benzene rings is 2. The molecule has 32 heavy (non-hydrogen) atoms. The molecule has 0 aliphatic rings. The number of anilines is 1. The number of carbonyl (C=O) groups is 1. The Morgan fingerprint density at radius 2 is 1.97 bits per heavy atom. The Morgan fingerprint density at radius 3 is 2.78 bits per heavy atom. The Hall–Kier alpha value is -3.85. The van der Waals surface area contributed by atoms with E-state index >= 15 is 0 Å². The first-order valence-electron chi connectivity index (χ1n) is 9.48. The minimum absolute atomic E-state index is 0.0348. The van der Waals surface area contributed by atoms with Gasteiger partial charge in [0.2, 0.25) is 0 Å². The van der Waals surface area contributed by atoms with Crippen LogP contribution in [0.15, 0.2) is 63.9 Å². The van der Waals surface area contributed by atoms with Crippen LogP contribution in [-0.4, -0.2) is 22.1 Å². The molecule has 2 heterocycles. The Bertz CT molecular complexity index is 1350. The number of aryl methyl sites for hydroxylation is 1. The number of nitrogens with zero attached hydrogens (tertiary/aromatic N) is 2. The molecule has 8 nitrogen and oxygen atoms in total. The van der Waals surface area contributed by atoms with Crippen LogP contribution in [0.1, 0.15) is 11.5 Å². The van der Waals surface area contributed by atoms with E-state index in [4.69, 9.17) is 25.6 Å². The summed E-state index contributed by atoms with van der Waals surface area (Å²) in [6.45, 7) is 1.26. The fourth-order valence-electron chi connectivity index (χ4n) is 2.92. The summed E-state index contributed by atoms with van der Waals surface area (Å²) in [6, 6.07) is 13.4. The summed E-state index contributed by atoms with van der Waals surface area (Å²) in [5, 5.41) is 2.99. The van der Waals surface area contributed by atoms with E-state index in [0.717, 1.165) is 4.57 Å². The van der Waals surface area contributed by atoms with Crippen molar-refractivity contribution in [1.29, 1.82) is 0 Å². The normalized spacial score (nSPS) is 10.8. The molecule has 10 heteroatoms. The lowest BCUT2D eigenvalue weighted by Crippen LogP contribution is -2.21. The van der Waals surface area contributed by atoms with Crippen LogP contribution in [0.5, 0.6) is 11.5 Å². The van der Waals surface area contributed by atoms with Crippen molar-refractivity contribution < 1.29 is 23.2 Å². The van der Waals surface area contributed by atoms with Crippen LogP contribution in [0.2, 0.25) is 5.02 Å². The maximum Gasteiger partial charge on any atom is 0.287 e. The van der Waals surface area contributed by atoms with Crippen LogP contribution >= 0.6 is 11.6 Å². The van der Waals surface area contributed by atoms with E-state index in [1.807, 2.05) is 0 Å². The van der Waals surface area contributed by atoms with Crippen LogP contribution in [0.25, 0.3) is 5.65 Å². The summed E-state index contributed by atoms with van der Waals surface area (Å²) in [6.07, 6.45) is 0. The number of nitrogens with one attached hydrogen (secondary N) is 1. The zero-order chi connectivity index (χ0) is 22.7. The number of rotatable bonds is 7. The van der Waals surface area contributed by atoms with Crippen molar-refractivity contribution in [2.45, 2.75) is 13.5 Å². The summed E-state index contributed by atoms with van der Waals surface area (Å²) in [5.41, 5.74) is 0.655. The van der Waals surface area contributed by atoms with E-state index in [1.165, 1.54) is 30.3 Å². The summed E-state index contributed by atoms with van der Waals surface area (Å²) in [7, 11) is 0. The lowest BCUT2D eigenvalue weighted by molar-refractivity contribution is -0.118. The second-order valence-corrected chi connectivity index (χ2v) is 7.22. The van der Waals surface area contributed by atoms with Gasteiger partial charge in [0.25, 0.3) is 11.5 Å². The molecule has 0 saturated heterocycles. The van der Waals surface area contributed by atoms with Crippen LogP contribution in [0, 0.1) is 12.7 Å². The van der Waals surface area contributed by atoms with Crippen molar-refractivity contribution in [2.75, 3.05) is 11.9 Å². The van der Waals surface area contributed by atoms with Gasteiger partial charge in [0.1, 0.15) is 18.1 Å². The quantitative estimate of drug-likeness (QED) is 0.451. The highest BCUT2D eigenvalue weighted by Gasteiger charge is 2.13. The lowest BCUT2D eigenvalue weighted by Gasteiger charge is -2.13. The smallest absolute Gasteiger partial charge is 0.287 e.